The van der Waals surface area contributed by atoms with Crippen molar-refractivity contribution < 1.29 is 4.52 Å². The predicted molar refractivity (Wildman–Crippen MR) is 66.0 cm³/mol. The first-order valence-corrected chi connectivity index (χ1v) is 5.82. The third kappa shape index (κ3) is 2.87. The zero-order valence-corrected chi connectivity index (χ0v) is 10.8. The summed E-state index contributed by atoms with van der Waals surface area (Å²) >= 11 is 2.18. The van der Waals surface area contributed by atoms with Crippen molar-refractivity contribution in [1.29, 1.82) is 0 Å². The fourth-order valence-corrected chi connectivity index (χ4v) is 1.66. The van der Waals surface area contributed by atoms with Crippen LogP contribution in [0.1, 0.15) is 11.7 Å². The first-order chi connectivity index (χ1) is 7.75. The van der Waals surface area contributed by atoms with Crippen molar-refractivity contribution in [3.8, 4) is 0 Å². The second-order valence-corrected chi connectivity index (χ2v) is 4.29. The Morgan fingerprint density at radius 1 is 1.50 bits per heavy atom. The van der Waals surface area contributed by atoms with Crippen molar-refractivity contribution in [2.45, 2.75) is 13.3 Å². The topological polar surface area (TPSA) is 76.7 Å². The van der Waals surface area contributed by atoms with Gasteiger partial charge in [-0.05, 0) is 29.5 Å². The lowest BCUT2D eigenvalue weighted by atomic mass is 10.4. The van der Waals surface area contributed by atoms with E-state index in [2.05, 4.69) is 48.0 Å². The molecule has 0 aromatic carbocycles. The fourth-order valence-electron chi connectivity index (χ4n) is 1.17. The largest absolute Gasteiger partial charge is 0.369 e. The Labute approximate surface area is 106 Å². The predicted octanol–water partition coefficient (Wildman–Crippen LogP) is 1.43. The third-order valence-corrected chi connectivity index (χ3v) is 2.66. The van der Waals surface area contributed by atoms with Crippen LogP contribution in [-0.2, 0) is 6.42 Å². The molecule has 0 saturated heterocycles. The number of rotatable bonds is 4. The zero-order chi connectivity index (χ0) is 11.4. The van der Waals surface area contributed by atoms with Crippen LogP contribution in [0.2, 0.25) is 0 Å². The minimum Gasteiger partial charge on any atom is -0.369 e. The number of aromatic nitrogens is 4. The van der Waals surface area contributed by atoms with Crippen LogP contribution in [0.4, 0.5) is 5.82 Å². The molecule has 2 aromatic heterocycles. The molecule has 16 heavy (non-hydrogen) atoms. The molecule has 0 aliphatic carbocycles. The molecule has 84 valence electrons. The molecule has 6 nitrogen and oxygen atoms in total. The van der Waals surface area contributed by atoms with Gasteiger partial charge in [-0.2, -0.15) is 4.98 Å². The van der Waals surface area contributed by atoms with E-state index in [1.807, 2.05) is 0 Å². The van der Waals surface area contributed by atoms with E-state index in [0.29, 0.717) is 24.7 Å². The first kappa shape index (κ1) is 11.2. The molecule has 0 aliphatic heterocycles. The molecular formula is C9H10IN5O. The van der Waals surface area contributed by atoms with Gasteiger partial charge in [0, 0.05) is 19.2 Å². The number of nitrogens with one attached hydrogen (secondary N) is 1. The Kier molecular flexibility index (Phi) is 3.65. The van der Waals surface area contributed by atoms with Gasteiger partial charge in [0.2, 0.25) is 5.89 Å². The number of aryl methyl sites for hydroxylation is 1. The van der Waals surface area contributed by atoms with Crippen LogP contribution in [-0.4, -0.2) is 26.7 Å². The maximum atomic E-state index is 5.00. The number of nitrogens with zero attached hydrogens (tertiary/aromatic N) is 4. The van der Waals surface area contributed by atoms with Gasteiger partial charge in [0.1, 0.15) is 12.1 Å². The van der Waals surface area contributed by atoms with Gasteiger partial charge in [-0.1, -0.05) is 5.16 Å². The summed E-state index contributed by atoms with van der Waals surface area (Å²) in [7, 11) is 0. The molecule has 0 unspecified atom stereocenters. The summed E-state index contributed by atoms with van der Waals surface area (Å²) in [6, 6.07) is 0. The summed E-state index contributed by atoms with van der Waals surface area (Å²) in [6.07, 6.45) is 3.95. The van der Waals surface area contributed by atoms with Crippen molar-refractivity contribution >= 4 is 28.4 Å². The van der Waals surface area contributed by atoms with E-state index in [0.717, 1.165) is 9.39 Å². The van der Waals surface area contributed by atoms with Crippen molar-refractivity contribution in [3.05, 3.63) is 27.8 Å². The molecule has 0 bridgehead atoms. The fraction of sp³-hybridized carbons (Fsp3) is 0.333. The second-order valence-electron chi connectivity index (χ2n) is 3.13. The van der Waals surface area contributed by atoms with Crippen LogP contribution in [0.5, 0.6) is 0 Å². The smallest absolute Gasteiger partial charge is 0.228 e. The standard InChI is InChI=1S/C9H10IN5O/c1-6-14-8(16-15-6)2-3-12-9-7(10)4-11-5-13-9/h4-5H,2-3H2,1H3,(H,11,12,13). The SMILES string of the molecule is Cc1noc(CCNc2ncncc2I)n1. The molecular weight excluding hydrogens is 321 g/mol. The second kappa shape index (κ2) is 5.19. The van der Waals surface area contributed by atoms with E-state index < -0.39 is 0 Å². The zero-order valence-electron chi connectivity index (χ0n) is 8.64. The minimum absolute atomic E-state index is 0.633. The molecule has 0 aliphatic rings. The lowest BCUT2D eigenvalue weighted by Gasteiger charge is -2.04. The monoisotopic (exact) mass is 331 g/mol. The molecule has 0 saturated carbocycles. The summed E-state index contributed by atoms with van der Waals surface area (Å²) in [4.78, 5) is 12.1. The third-order valence-electron chi connectivity index (χ3n) is 1.87. The molecule has 0 amide bonds. The lowest BCUT2D eigenvalue weighted by molar-refractivity contribution is 0.377. The molecule has 0 spiro atoms. The lowest BCUT2D eigenvalue weighted by Crippen LogP contribution is -2.08. The number of anilines is 1. The first-order valence-electron chi connectivity index (χ1n) is 4.74. The highest BCUT2D eigenvalue weighted by molar-refractivity contribution is 14.1. The normalized spacial score (nSPS) is 10.4. The summed E-state index contributed by atoms with van der Waals surface area (Å²) in [5.74, 6) is 2.12. The van der Waals surface area contributed by atoms with Crippen molar-refractivity contribution in [3.63, 3.8) is 0 Å². The summed E-state index contributed by atoms with van der Waals surface area (Å²) in [5.41, 5.74) is 0. The highest BCUT2D eigenvalue weighted by Gasteiger charge is 2.03. The molecule has 0 radical (unpaired) electrons. The molecule has 7 heteroatoms. The molecule has 0 atom stereocenters. The van der Waals surface area contributed by atoms with Gasteiger partial charge < -0.3 is 9.84 Å². The molecule has 1 N–H and O–H groups in total. The van der Waals surface area contributed by atoms with E-state index in [9.17, 15) is 0 Å². The maximum absolute atomic E-state index is 5.00. The Morgan fingerprint density at radius 3 is 3.06 bits per heavy atom. The highest BCUT2D eigenvalue weighted by Crippen LogP contribution is 2.12. The van der Waals surface area contributed by atoms with Crippen LogP contribution in [0.15, 0.2) is 17.0 Å². The Bertz CT molecular complexity index is 472. The van der Waals surface area contributed by atoms with E-state index in [1.165, 1.54) is 6.33 Å². The van der Waals surface area contributed by atoms with Crippen LogP contribution in [0.3, 0.4) is 0 Å². The van der Waals surface area contributed by atoms with Gasteiger partial charge in [0.05, 0.1) is 3.57 Å². The van der Waals surface area contributed by atoms with E-state index in [1.54, 1.807) is 13.1 Å². The van der Waals surface area contributed by atoms with Gasteiger partial charge in [0.15, 0.2) is 5.82 Å². The van der Waals surface area contributed by atoms with Gasteiger partial charge in [-0.25, -0.2) is 9.97 Å². The average molecular weight is 331 g/mol. The van der Waals surface area contributed by atoms with Crippen molar-refractivity contribution in [2.75, 3.05) is 11.9 Å². The van der Waals surface area contributed by atoms with E-state index in [-0.39, 0.29) is 0 Å². The summed E-state index contributed by atoms with van der Waals surface area (Å²) in [6.45, 7) is 2.50. The van der Waals surface area contributed by atoms with Gasteiger partial charge in [-0.15, -0.1) is 0 Å². The van der Waals surface area contributed by atoms with Crippen molar-refractivity contribution in [2.24, 2.45) is 0 Å². The summed E-state index contributed by atoms with van der Waals surface area (Å²) < 4.78 is 5.98. The maximum Gasteiger partial charge on any atom is 0.228 e. The van der Waals surface area contributed by atoms with Crippen LogP contribution >= 0.6 is 22.6 Å². The molecule has 2 aromatic rings. The van der Waals surface area contributed by atoms with Gasteiger partial charge in [-0.3, -0.25) is 0 Å². The Hall–Kier alpha value is -1.25. The average Bonchev–Trinajstić information content (AvgIpc) is 2.67. The molecule has 0 fully saturated rings. The van der Waals surface area contributed by atoms with Gasteiger partial charge in [0.25, 0.3) is 0 Å². The number of halogens is 1. The number of hydrogen-bond acceptors (Lipinski definition) is 6. The molecule has 2 heterocycles. The van der Waals surface area contributed by atoms with Crippen molar-refractivity contribution in [1.82, 2.24) is 20.1 Å². The van der Waals surface area contributed by atoms with Crippen LogP contribution in [0, 0.1) is 10.5 Å². The number of hydrogen-bond donors (Lipinski definition) is 1. The van der Waals surface area contributed by atoms with Gasteiger partial charge >= 0.3 is 0 Å². The van der Waals surface area contributed by atoms with Crippen LogP contribution < -0.4 is 5.32 Å². The van der Waals surface area contributed by atoms with E-state index in [4.69, 9.17) is 4.52 Å². The van der Waals surface area contributed by atoms with Crippen LogP contribution in [0.25, 0.3) is 0 Å². The summed E-state index contributed by atoms with van der Waals surface area (Å²) in [5, 5.41) is 6.90. The molecule has 2 rings (SSSR count). The Balaban J connectivity index is 1.87. The highest BCUT2D eigenvalue weighted by atomic mass is 127. The quantitative estimate of drug-likeness (QED) is 0.854. The minimum atomic E-state index is 0.633. The van der Waals surface area contributed by atoms with E-state index >= 15 is 0 Å². The Morgan fingerprint density at radius 2 is 2.38 bits per heavy atom.